The molecule has 1 aliphatic heterocycles. The van der Waals surface area contributed by atoms with Crippen molar-refractivity contribution >= 4 is 34.9 Å². The lowest BCUT2D eigenvalue weighted by molar-refractivity contribution is -0.137. The molecule has 1 aliphatic rings. The molecule has 1 aromatic heterocycles. The zero-order valence-corrected chi connectivity index (χ0v) is 19.2. The Balaban J connectivity index is 1.30. The highest BCUT2D eigenvalue weighted by Gasteiger charge is 2.30. The van der Waals surface area contributed by atoms with Crippen LogP contribution in [0.4, 0.5) is 19.0 Å². The van der Waals surface area contributed by atoms with Crippen LogP contribution in [-0.4, -0.2) is 53.8 Å². The van der Waals surface area contributed by atoms with E-state index < -0.39 is 11.7 Å². The maximum atomic E-state index is 12.8. The average Bonchev–Trinajstić information content (AvgIpc) is 2.82. The summed E-state index contributed by atoms with van der Waals surface area (Å²) in [7, 11) is 0. The number of hydrogen-bond donors (Lipinski definition) is 0. The van der Waals surface area contributed by atoms with Gasteiger partial charge in [0.1, 0.15) is 5.75 Å². The Morgan fingerprint density at radius 2 is 1.74 bits per heavy atom. The highest BCUT2D eigenvalue weighted by molar-refractivity contribution is 6.36. The Bertz CT molecular complexity index is 1170. The minimum atomic E-state index is -4.47. The lowest BCUT2D eigenvalue weighted by Gasteiger charge is -2.35. The van der Waals surface area contributed by atoms with Crippen molar-refractivity contribution in [1.82, 2.24) is 15.1 Å². The lowest BCUT2D eigenvalue weighted by atomic mass is 10.1. The van der Waals surface area contributed by atoms with Gasteiger partial charge >= 0.3 is 6.18 Å². The number of carbonyl (C=O) groups excluding carboxylic acids is 1. The van der Waals surface area contributed by atoms with E-state index in [4.69, 9.17) is 27.9 Å². The van der Waals surface area contributed by atoms with Crippen LogP contribution in [0.15, 0.2) is 54.6 Å². The van der Waals surface area contributed by atoms with Crippen LogP contribution in [0, 0.1) is 0 Å². The molecule has 178 valence electrons. The smallest absolute Gasteiger partial charge is 0.416 e. The van der Waals surface area contributed by atoms with Crippen LogP contribution in [-0.2, 0) is 11.0 Å². The largest absolute Gasteiger partial charge is 0.484 e. The Labute approximate surface area is 203 Å². The Morgan fingerprint density at radius 1 is 0.971 bits per heavy atom. The summed E-state index contributed by atoms with van der Waals surface area (Å²) in [5.41, 5.74) is 0.517. The molecule has 0 aliphatic carbocycles. The number of anilines is 1. The van der Waals surface area contributed by atoms with Crippen LogP contribution in [0.3, 0.4) is 0 Å². The number of piperazine rings is 1. The molecule has 3 aromatic rings. The number of amides is 1. The third-order valence-electron chi connectivity index (χ3n) is 5.34. The van der Waals surface area contributed by atoms with Crippen molar-refractivity contribution in [1.29, 1.82) is 0 Å². The van der Waals surface area contributed by atoms with E-state index in [2.05, 4.69) is 10.2 Å². The van der Waals surface area contributed by atoms with Gasteiger partial charge in [0, 0.05) is 36.8 Å². The van der Waals surface area contributed by atoms with Gasteiger partial charge in [-0.05, 0) is 48.5 Å². The standard InChI is InChI=1S/C23H19Cl2F3N4O2/c24-16-4-5-18(19(25)13-16)20-6-7-21(30-29-20)31-8-10-32(11-9-31)22(33)14-34-17-3-1-2-15(12-17)23(26,27)28/h1-7,12-13H,8-11,14H2. The maximum absolute atomic E-state index is 12.8. The van der Waals surface area contributed by atoms with Crippen molar-refractivity contribution in [2.75, 3.05) is 37.7 Å². The molecule has 0 unspecified atom stereocenters. The zero-order chi connectivity index (χ0) is 24.3. The molecule has 34 heavy (non-hydrogen) atoms. The molecule has 11 heteroatoms. The second kappa shape index (κ2) is 10.1. The molecule has 1 fully saturated rings. The van der Waals surface area contributed by atoms with Crippen LogP contribution in [0.5, 0.6) is 5.75 Å². The Kier molecular flexibility index (Phi) is 7.13. The normalized spacial score (nSPS) is 14.3. The summed E-state index contributed by atoms with van der Waals surface area (Å²) in [6, 6.07) is 13.3. The molecule has 1 amide bonds. The molecule has 0 bridgehead atoms. The summed E-state index contributed by atoms with van der Waals surface area (Å²) in [6.07, 6.45) is -4.47. The van der Waals surface area contributed by atoms with Crippen molar-refractivity contribution in [2.45, 2.75) is 6.18 Å². The molecule has 2 heterocycles. The van der Waals surface area contributed by atoms with E-state index in [1.54, 1.807) is 23.1 Å². The van der Waals surface area contributed by atoms with Gasteiger partial charge in [0.2, 0.25) is 0 Å². The predicted molar refractivity (Wildman–Crippen MR) is 123 cm³/mol. The van der Waals surface area contributed by atoms with E-state index in [1.807, 2.05) is 17.0 Å². The van der Waals surface area contributed by atoms with E-state index in [0.717, 1.165) is 17.7 Å². The third-order valence-corrected chi connectivity index (χ3v) is 5.89. The summed E-state index contributed by atoms with van der Waals surface area (Å²) in [6.45, 7) is 1.59. The second-order valence-electron chi connectivity index (χ2n) is 7.58. The van der Waals surface area contributed by atoms with Crippen molar-refractivity contribution in [3.8, 4) is 17.0 Å². The molecule has 0 N–H and O–H groups in total. The van der Waals surface area contributed by atoms with Crippen LogP contribution < -0.4 is 9.64 Å². The van der Waals surface area contributed by atoms with E-state index in [9.17, 15) is 18.0 Å². The summed E-state index contributed by atoms with van der Waals surface area (Å²) >= 11 is 12.2. The number of hydrogen-bond acceptors (Lipinski definition) is 5. The quantitative estimate of drug-likeness (QED) is 0.472. The molecule has 6 nitrogen and oxygen atoms in total. The molecule has 0 atom stereocenters. The van der Waals surface area contributed by atoms with Gasteiger partial charge in [-0.1, -0.05) is 29.3 Å². The first-order valence-electron chi connectivity index (χ1n) is 10.3. The van der Waals surface area contributed by atoms with Crippen molar-refractivity contribution < 1.29 is 22.7 Å². The van der Waals surface area contributed by atoms with Crippen LogP contribution >= 0.6 is 23.2 Å². The first-order chi connectivity index (χ1) is 16.2. The molecule has 2 aromatic carbocycles. The molecular weight excluding hydrogens is 492 g/mol. The van der Waals surface area contributed by atoms with E-state index in [-0.39, 0.29) is 18.3 Å². The molecule has 0 spiro atoms. The fraction of sp³-hybridized carbons (Fsp3) is 0.261. The molecular formula is C23H19Cl2F3N4O2. The van der Waals surface area contributed by atoms with Gasteiger partial charge in [0.05, 0.1) is 16.3 Å². The fourth-order valence-electron chi connectivity index (χ4n) is 3.52. The second-order valence-corrected chi connectivity index (χ2v) is 8.43. The number of aromatic nitrogens is 2. The lowest BCUT2D eigenvalue weighted by Crippen LogP contribution is -2.50. The predicted octanol–water partition coefficient (Wildman–Crippen LogP) is 5.20. The average molecular weight is 511 g/mol. The van der Waals surface area contributed by atoms with Gasteiger partial charge in [0.15, 0.2) is 12.4 Å². The molecule has 1 saturated heterocycles. The van der Waals surface area contributed by atoms with Crippen molar-refractivity contribution in [3.63, 3.8) is 0 Å². The first-order valence-corrected chi connectivity index (χ1v) is 11.1. The highest BCUT2D eigenvalue weighted by atomic mass is 35.5. The number of benzene rings is 2. The monoisotopic (exact) mass is 510 g/mol. The number of halogens is 5. The molecule has 0 saturated carbocycles. The van der Waals surface area contributed by atoms with Crippen LogP contribution in [0.1, 0.15) is 5.56 Å². The number of nitrogens with zero attached hydrogens (tertiary/aromatic N) is 4. The summed E-state index contributed by atoms with van der Waals surface area (Å²) in [5, 5.41) is 9.55. The maximum Gasteiger partial charge on any atom is 0.416 e. The van der Waals surface area contributed by atoms with E-state index >= 15 is 0 Å². The van der Waals surface area contributed by atoms with Gasteiger partial charge in [-0.25, -0.2) is 0 Å². The molecule has 0 radical (unpaired) electrons. The zero-order valence-electron chi connectivity index (χ0n) is 17.7. The van der Waals surface area contributed by atoms with E-state index in [0.29, 0.717) is 47.7 Å². The fourth-order valence-corrected chi connectivity index (χ4v) is 4.02. The van der Waals surface area contributed by atoms with E-state index in [1.165, 1.54) is 12.1 Å². The minimum Gasteiger partial charge on any atom is -0.484 e. The third kappa shape index (κ3) is 5.71. The highest BCUT2D eigenvalue weighted by Crippen LogP contribution is 2.31. The minimum absolute atomic E-state index is 0.00188. The summed E-state index contributed by atoms with van der Waals surface area (Å²) in [5.74, 6) is 0.370. The number of carbonyl (C=O) groups is 1. The Morgan fingerprint density at radius 3 is 2.38 bits per heavy atom. The van der Waals surface area contributed by atoms with Gasteiger partial charge in [-0.15, -0.1) is 10.2 Å². The van der Waals surface area contributed by atoms with Gasteiger partial charge in [-0.2, -0.15) is 13.2 Å². The summed E-state index contributed by atoms with van der Waals surface area (Å²) in [4.78, 5) is 16.1. The van der Waals surface area contributed by atoms with Crippen LogP contribution in [0.25, 0.3) is 11.3 Å². The SMILES string of the molecule is O=C(COc1cccc(C(F)(F)F)c1)N1CCN(c2ccc(-c3ccc(Cl)cc3Cl)nn2)CC1. The number of alkyl halides is 3. The van der Waals surface area contributed by atoms with Gasteiger partial charge in [0.25, 0.3) is 5.91 Å². The van der Waals surface area contributed by atoms with Crippen molar-refractivity contribution in [2.24, 2.45) is 0 Å². The van der Waals surface area contributed by atoms with Gasteiger partial charge in [-0.3, -0.25) is 4.79 Å². The topological polar surface area (TPSA) is 58.6 Å². The van der Waals surface area contributed by atoms with Crippen LogP contribution in [0.2, 0.25) is 10.0 Å². The number of ether oxygens (including phenoxy) is 1. The first kappa shape index (κ1) is 24.1. The van der Waals surface area contributed by atoms with Gasteiger partial charge < -0.3 is 14.5 Å². The number of rotatable bonds is 5. The Hall–Kier alpha value is -3.04. The summed E-state index contributed by atoms with van der Waals surface area (Å²) < 4.78 is 43.8. The molecule has 4 rings (SSSR count). The van der Waals surface area contributed by atoms with Crippen molar-refractivity contribution in [3.05, 3.63) is 70.2 Å².